The maximum atomic E-state index is 13.7. The first-order chi connectivity index (χ1) is 17.0. The average Bonchev–Trinajstić information content (AvgIpc) is 2.88. The number of thioether (sulfide) groups is 1. The zero-order chi connectivity index (χ0) is 24.4. The molecule has 0 aliphatic carbocycles. The molecule has 4 nitrogen and oxygen atoms in total. The molecule has 0 radical (unpaired) electrons. The van der Waals surface area contributed by atoms with E-state index in [0.717, 1.165) is 37.3 Å². The van der Waals surface area contributed by atoms with Crippen LogP contribution in [0, 0.1) is 6.92 Å². The molecule has 1 unspecified atom stereocenters. The van der Waals surface area contributed by atoms with E-state index in [1.807, 2.05) is 97.6 Å². The van der Waals surface area contributed by atoms with Crippen molar-refractivity contribution in [1.29, 1.82) is 0 Å². The highest BCUT2D eigenvalue weighted by molar-refractivity contribution is 8.00. The van der Waals surface area contributed by atoms with Crippen LogP contribution >= 0.6 is 23.5 Å². The smallest absolute Gasteiger partial charge is 0.255 e. The molecule has 2 amide bonds. The molecule has 5 rings (SSSR count). The Balaban J connectivity index is 1.30. The van der Waals surface area contributed by atoms with Gasteiger partial charge in [0.05, 0.1) is 16.6 Å². The number of nitrogens with zero attached hydrogens (tertiary/aromatic N) is 1. The van der Waals surface area contributed by atoms with Crippen molar-refractivity contribution in [3.63, 3.8) is 0 Å². The number of anilines is 3. The molecule has 0 bridgehead atoms. The van der Waals surface area contributed by atoms with Crippen molar-refractivity contribution in [2.75, 3.05) is 10.2 Å². The molecule has 1 aliphatic rings. The summed E-state index contributed by atoms with van der Waals surface area (Å²) in [6.07, 6.45) is 0. The number of carbonyl (C=O) groups is 2. The van der Waals surface area contributed by atoms with Gasteiger partial charge < -0.3 is 5.32 Å². The molecule has 1 N–H and O–H groups in total. The number of fused-ring (bicyclic) bond motifs is 2. The number of rotatable bonds is 5. The predicted molar refractivity (Wildman–Crippen MR) is 145 cm³/mol. The minimum atomic E-state index is -0.299. The van der Waals surface area contributed by atoms with Crippen LogP contribution in [-0.2, 0) is 4.79 Å². The van der Waals surface area contributed by atoms with E-state index >= 15 is 0 Å². The van der Waals surface area contributed by atoms with Crippen LogP contribution in [0.4, 0.5) is 17.1 Å². The molecule has 0 aromatic heterocycles. The lowest BCUT2D eigenvalue weighted by atomic mass is 10.1. The Hall–Kier alpha value is -3.48. The lowest BCUT2D eigenvalue weighted by Crippen LogP contribution is -2.34. The summed E-state index contributed by atoms with van der Waals surface area (Å²) in [5.41, 5.74) is 4.23. The van der Waals surface area contributed by atoms with E-state index in [4.69, 9.17) is 0 Å². The van der Waals surface area contributed by atoms with Crippen molar-refractivity contribution in [2.45, 2.75) is 33.8 Å². The van der Waals surface area contributed by atoms with Gasteiger partial charge >= 0.3 is 0 Å². The monoisotopic (exact) mass is 496 g/mol. The molecule has 0 fully saturated rings. The molecule has 1 heterocycles. The summed E-state index contributed by atoms with van der Waals surface area (Å²) in [6.45, 7) is 3.90. The molecule has 0 spiro atoms. The van der Waals surface area contributed by atoms with E-state index in [-0.39, 0.29) is 17.1 Å². The molecule has 35 heavy (non-hydrogen) atoms. The quantitative estimate of drug-likeness (QED) is 0.290. The largest absolute Gasteiger partial charge is 0.322 e. The number of nitrogens with one attached hydrogen (secondary N) is 1. The van der Waals surface area contributed by atoms with Crippen LogP contribution < -0.4 is 10.2 Å². The van der Waals surface area contributed by atoms with Gasteiger partial charge in [0.15, 0.2) is 0 Å². The van der Waals surface area contributed by atoms with Crippen molar-refractivity contribution in [2.24, 2.45) is 0 Å². The number of para-hydroxylation sites is 2. The summed E-state index contributed by atoms with van der Waals surface area (Å²) in [5, 5.41) is 2.64. The normalized spacial score (nSPS) is 12.9. The first-order valence-corrected chi connectivity index (χ1v) is 13.0. The Labute approximate surface area is 213 Å². The van der Waals surface area contributed by atoms with Gasteiger partial charge in [-0.1, -0.05) is 53.7 Å². The van der Waals surface area contributed by atoms with E-state index in [9.17, 15) is 9.59 Å². The molecule has 174 valence electrons. The highest BCUT2D eigenvalue weighted by atomic mass is 32.2. The Morgan fingerprint density at radius 1 is 0.829 bits per heavy atom. The number of aryl methyl sites for hydroxylation is 1. The van der Waals surface area contributed by atoms with Gasteiger partial charge in [0.1, 0.15) is 0 Å². The number of carbonyl (C=O) groups excluding carboxylic acids is 2. The standard InChI is InChI=1S/C29H24N2O2S2/c1-19-8-7-9-21(18-19)28(32)30-22-14-16-23(17-15-22)34-20(2)29(33)31-24-10-3-5-12-26(24)35-27-13-6-4-11-25(27)31/h3-18,20H,1-2H3,(H,30,32). The summed E-state index contributed by atoms with van der Waals surface area (Å²) < 4.78 is 0. The second-order valence-electron chi connectivity index (χ2n) is 8.32. The predicted octanol–water partition coefficient (Wildman–Crippen LogP) is 7.56. The minimum Gasteiger partial charge on any atom is -0.322 e. The van der Waals surface area contributed by atoms with Crippen molar-refractivity contribution in [3.05, 3.63) is 108 Å². The zero-order valence-corrected chi connectivity index (χ0v) is 21.0. The van der Waals surface area contributed by atoms with Gasteiger partial charge in [-0.2, -0.15) is 0 Å². The van der Waals surface area contributed by atoms with Gasteiger partial charge in [-0.25, -0.2) is 0 Å². The fourth-order valence-corrected chi connectivity index (χ4v) is 5.95. The second kappa shape index (κ2) is 10.0. The lowest BCUT2D eigenvalue weighted by Gasteiger charge is -2.32. The topological polar surface area (TPSA) is 49.4 Å². The van der Waals surface area contributed by atoms with Crippen LogP contribution in [0.15, 0.2) is 112 Å². The first-order valence-electron chi connectivity index (χ1n) is 11.3. The van der Waals surface area contributed by atoms with E-state index < -0.39 is 0 Å². The molecule has 4 aromatic carbocycles. The molecule has 0 saturated heterocycles. The molecule has 4 aromatic rings. The SMILES string of the molecule is Cc1cccc(C(=O)Nc2ccc(SC(C)C(=O)N3c4ccccc4Sc4ccccc43)cc2)c1. The van der Waals surface area contributed by atoms with Crippen LogP contribution in [0.2, 0.25) is 0 Å². The van der Waals surface area contributed by atoms with Crippen molar-refractivity contribution in [1.82, 2.24) is 0 Å². The summed E-state index contributed by atoms with van der Waals surface area (Å²) >= 11 is 3.20. The van der Waals surface area contributed by atoms with Gasteiger partial charge in [-0.3, -0.25) is 14.5 Å². The van der Waals surface area contributed by atoms with Gasteiger partial charge in [0, 0.05) is 25.9 Å². The number of hydrogen-bond donors (Lipinski definition) is 1. The van der Waals surface area contributed by atoms with Crippen LogP contribution in [-0.4, -0.2) is 17.1 Å². The average molecular weight is 497 g/mol. The second-order valence-corrected chi connectivity index (χ2v) is 10.8. The number of benzene rings is 4. The summed E-state index contributed by atoms with van der Waals surface area (Å²) in [5.74, 6) is -0.107. The van der Waals surface area contributed by atoms with Gasteiger partial charge in [0.25, 0.3) is 5.91 Å². The van der Waals surface area contributed by atoms with Crippen LogP contribution in [0.1, 0.15) is 22.8 Å². The lowest BCUT2D eigenvalue weighted by molar-refractivity contribution is -0.117. The van der Waals surface area contributed by atoms with Crippen LogP contribution in [0.3, 0.4) is 0 Å². The third-order valence-corrected chi connectivity index (χ3v) is 7.94. The summed E-state index contributed by atoms with van der Waals surface area (Å²) in [4.78, 5) is 31.1. The fraction of sp³-hybridized carbons (Fsp3) is 0.103. The van der Waals surface area contributed by atoms with Gasteiger partial charge in [0.2, 0.25) is 5.91 Å². The molecule has 1 atom stereocenters. The Kier molecular flexibility index (Phi) is 6.66. The summed E-state index contributed by atoms with van der Waals surface area (Å²) in [7, 11) is 0. The number of hydrogen-bond acceptors (Lipinski definition) is 4. The molecular formula is C29H24N2O2S2. The molecule has 0 saturated carbocycles. The molecule has 6 heteroatoms. The molecular weight excluding hydrogens is 472 g/mol. The fourth-order valence-electron chi connectivity index (χ4n) is 3.98. The van der Waals surface area contributed by atoms with Crippen LogP contribution in [0.5, 0.6) is 0 Å². The maximum absolute atomic E-state index is 13.7. The van der Waals surface area contributed by atoms with E-state index in [0.29, 0.717) is 5.56 Å². The highest BCUT2D eigenvalue weighted by Gasteiger charge is 2.31. The van der Waals surface area contributed by atoms with E-state index in [1.165, 1.54) is 11.8 Å². The first kappa shape index (κ1) is 23.3. The minimum absolute atomic E-state index is 0.0343. The molecule has 1 aliphatic heterocycles. The Morgan fingerprint density at radius 3 is 2.09 bits per heavy atom. The summed E-state index contributed by atoms with van der Waals surface area (Å²) in [6, 6.07) is 31.2. The van der Waals surface area contributed by atoms with E-state index in [1.54, 1.807) is 17.8 Å². The Morgan fingerprint density at radius 2 is 1.46 bits per heavy atom. The van der Waals surface area contributed by atoms with Gasteiger partial charge in [-0.15, -0.1) is 11.8 Å². The Bertz CT molecular complexity index is 1360. The third-order valence-electron chi connectivity index (χ3n) is 5.71. The highest BCUT2D eigenvalue weighted by Crippen LogP contribution is 2.48. The zero-order valence-electron chi connectivity index (χ0n) is 19.4. The maximum Gasteiger partial charge on any atom is 0.255 e. The van der Waals surface area contributed by atoms with Crippen molar-refractivity contribution >= 4 is 52.4 Å². The van der Waals surface area contributed by atoms with Crippen molar-refractivity contribution in [3.8, 4) is 0 Å². The van der Waals surface area contributed by atoms with E-state index in [2.05, 4.69) is 17.4 Å². The third kappa shape index (κ3) is 4.99. The number of amides is 2. The van der Waals surface area contributed by atoms with Crippen LogP contribution in [0.25, 0.3) is 0 Å². The van der Waals surface area contributed by atoms with Crippen molar-refractivity contribution < 1.29 is 9.59 Å². The van der Waals surface area contributed by atoms with Gasteiger partial charge in [-0.05, 0) is 74.5 Å².